The van der Waals surface area contributed by atoms with Crippen LogP contribution in [0.25, 0.3) is 0 Å². The molecule has 1 fully saturated rings. The van der Waals surface area contributed by atoms with Gasteiger partial charge in [-0.1, -0.05) is 41.9 Å². The number of piperazine rings is 1. The molecule has 22 heavy (non-hydrogen) atoms. The van der Waals surface area contributed by atoms with E-state index in [2.05, 4.69) is 9.76 Å². The molecule has 1 saturated heterocycles. The van der Waals surface area contributed by atoms with Gasteiger partial charge in [-0.05, 0) is 5.56 Å². The fraction of sp³-hybridized carbons (Fsp3) is 0.231. The standard InChI is InChI=1S/C13H11BClN3O4/c14-22-13(21)10(15)17-6-7-18(12(20)11(17)19)16-8-9-4-2-1-3-5-9/h1-5,8,10H,6-7H2/b16-8+. The van der Waals surface area contributed by atoms with E-state index in [9.17, 15) is 14.4 Å². The van der Waals surface area contributed by atoms with Gasteiger partial charge in [0.15, 0.2) is 0 Å². The number of hydrogen-bond donors (Lipinski definition) is 0. The number of benzene rings is 1. The first-order valence-electron chi connectivity index (χ1n) is 6.30. The lowest BCUT2D eigenvalue weighted by Gasteiger charge is -2.32. The van der Waals surface area contributed by atoms with Gasteiger partial charge in [-0.25, -0.2) is 5.01 Å². The van der Waals surface area contributed by atoms with Crippen molar-refractivity contribution in [3.05, 3.63) is 35.9 Å². The van der Waals surface area contributed by atoms with Gasteiger partial charge >= 0.3 is 25.8 Å². The molecule has 0 aromatic heterocycles. The van der Waals surface area contributed by atoms with Gasteiger partial charge in [-0.3, -0.25) is 14.4 Å². The van der Waals surface area contributed by atoms with Crippen molar-refractivity contribution < 1.29 is 19.0 Å². The lowest BCUT2D eigenvalue weighted by atomic mass is 10.2. The summed E-state index contributed by atoms with van der Waals surface area (Å²) in [6.45, 7) is 0.148. The van der Waals surface area contributed by atoms with Gasteiger partial charge in [0.2, 0.25) is 5.50 Å². The number of carbonyl (C=O) groups is 3. The lowest BCUT2D eigenvalue weighted by molar-refractivity contribution is -0.159. The third-order valence-electron chi connectivity index (χ3n) is 2.96. The second kappa shape index (κ2) is 7.08. The van der Waals surface area contributed by atoms with Gasteiger partial charge in [-0.15, -0.1) is 0 Å². The molecule has 1 heterocycles. The SMILES string of the molecule is [B]OC(=O)C(Cl)N1CCN(/N=C/c2ccccc2)C(=O)C1=O. The number of hydrazone groups is 1. The summed E-state index contributed by atoms with van der Waals surface area (Å²) in [6, 6.07) is 9.10. The number of hydrogen-bond acceptors (Lipinski definition) is 5. The van der Waals surface area contributed by atoms with E-state index in [-0.39, 0.29) is 13.1 Å². The number of halogens is 1. The van der Waals surface area contributed by atoms with E-state index >= 15 is 0 Å². The molecule has 1 atom stereocenters. The van der Waals surface area contributed by atoms with Crippen molar-refractivity contribution in [2.75, 3.05) is 13.1 Å². The molecule has 2 rings (SSSR count). The van der Waals surface area contributed by atoms with E-state index in [1.165, 1.54) is 6.21 Å². The lowest BCUT2D eigenvalue weighted by Crippen LogP contribution is -2.56. The van der Waals surface area contributed by atoms with Crippen LogP contribution >= 0.6 is 11.6 Å². The van der Waals surface area contributed by atoms with Crippen LogP contribution in [0.5, 0.6) is 0 Å². The Morgan fingerprint density at radius 2 is 1.95 bits per heavy atom. The molecule has 0 saturated carbocycles. The molecule has 1 aromatic carbocycles. The quantitative estimate of drug-likeness (QED) is 0.255. The van der Waals surface area contributed by atoms with Crippen molar-refractivity contribution in [1.82, 2.24) is 9.91 Å². The Balaban J connectivity index is 2.05. The van der Waals surface area contributed by atoms with Crippen LogP contribution < -0.4 is 0 Å². The highest BCUT2D eigenvalue weighted by Crippen LogP contribution is 2.13. The molecule has 2 radical (unpaired) electrons. The van der Waals surface area contributed by atoms with Gasteiger partial charge in [0, 0.05) is 6.54 Å². The van der Waals surface area contributed by atoms with Crippen molar-refractivity contribution in [1.29, 1.82) is 0 Å². The molecule has 0 bridgehead atoms. The normalized spacial score (nSPS) is 17.0. The van der Waals surface area contributed by atoms with Crippen LogP contribution in [0.3, 0.4) is 0 Å². The molecule has 1 aromatic rings. The molecular weight excluding hydrogens is 308 g/mol. The molecule has 1 aliphatic rings. The maximum absolute atomic E-state index is 12.0. The van der Waals surface area contributed by atoms with Gasteiger partial charge in [0.25, 0.3) is 0 Å². The molecule has 0 aliphatic carbocycles. The number of carbonyl (C=O) groups excluding carboxylic acids is 3. The third kappa shape index (κ3) is 3.45. The first kappa shape index (κ1) is 16.0. The minimum absolute atomic E-state index is 0.0416. The van der Waals surface area contributed by atoms with Gasteiger partial charge in [0.05, 0.1) is 12.8 Å². The Morgan fingerprint density at radius 3 is 2.59 bits per heavy atom. The summed E-state index contributed by atoms with van der Waals surface area (Å²) in [5.41, 5.74) is -0.659. The molecule has 0 spiro atoms. The Bertz CT molecular complexity index is 611. The summed E-state index contributed by atoms with van der Waals surface area (Å²) in [7, 11) is 4.71. The maximum atomic E-state index is 12.0. The van der Waals surface area contributed by atoms with Crippen molar-refractivity contribution in [2.24, 2.45) is 5.10 Å². The highest BCUT2D eigenvalue weighted by Gasteiger charge is 2.38. The van der Waals surface area contributed by atoms with Crippen LogP contribution in [0.1, 0.15) is 5.56 Å². The highest BCUT2D eigenvalue weighted by molar-refractivity contribution is 6.39. The summed E-state index contributed by atoms with van der Waals surface area (Å²) in [4.78, 5) is 36.0. The molecule has 1 unspecified atom stereocenters. The second-order valence-electron chi connectivity index (χ2n) is 4.35. The summed E-state index contributed by atoms with van der Waals surface area (Å²) in [6.07, 6.45) is 1.47. The van der Waals surface area contributed by atoms with Crippen molar-refractivity contribution in [3.63, 3.8) is 0 Å². The average Bonchev–Trinajstić information content (AvgIpc) is 2.56. The fourth-order valence-corrected chi connectivity index (χ4v) is 2.06. The fourth-order valence-electron chi connectivity index (χ4n) is 1.82. The largest absolute Gasteiger partial charge is 0.541 e. The zero-order valence-electron chi connectivity index (χ0n) is 11.4. The van der Waals surface area contributed by atoms with Crippen LogP contribution in [0.4, 0.5) is 0 Å². The van der Waals surface area contributed by atoms with E-state index in [4.69, 9.17) is 19.7 Å². The molecule has 1 aliphatic heterocycles. The van der Waals surface area contributed by atoms with Crippen LogP contribution in [0.2, 0.25) is 0 Å². The summed E-state index contributed by atoms with van der Waals surface area (Å²) in [5, 5.41) is 4.99. The van der Waals surface area contributed by atoms with E-state index in [1.807, 2.05) is 18.2 Å². The first-order valence-corrected chi connectivity index (χ1v) is 6.74. The van der Waals surface area contributed by atoms with Crippen LogP contribution in [-0.4, -0.2) is 60.5 Å². The Hall–Kier alpha value is -2.35. The minimum atomic E-state index is -1.44. The summed E-state index contributed by atoms with van der Waals surface area (Å²) >= 11 is 5.73. The molecule has 2 amide bonds. The van der Waals surface area contributed by atoms with Crippen molar-refractivity contribution in [2.45, 2.75) is 5.50 Å². The minimum Gasteiger partial charge on any atom is -0.541 e. The molecular formula is C13H11BClN3O4. The van der Waals surface area contributed by atoms with E-state index in [0.717, 1.165) is 15.5 Å². The number of rotatable bonds is 4. The van der Waals surface area contributed by atoms with Gasteiger partial charge in [0.1, 0.15) is 0 Å². The van der Waals surface area contributed by atoms with E-state index in [0.29, 0.717) is 0 Å². The zero-order valence-corrected chi connectivity index (χ0v) is 12.1. The zero-order chi connectivity index (χ0) is 16.1. The predicted octanol–water partition coefficient (Wildman–Crippen LogP) is -0.117. The van der Waals surface area contributed by atoms with E-state index in [1.54, 1.807) is 12.1 Å². The predicted molar refractivity (Wildman–Crippen MR) is 78.9 cm³/mol. The Morgan fingerprint density at radius 1 is 1.27 bits per heavy atom. The van der Waals surface area contributed by atoms with Gasteiger partial charge in [-0.2, -0.15) is 5.10 Å². The summed E-state index contributed by atoms with van der Waals surface area (Å²) in [5.74, 6) is -2.83. The molecule has 7 nitrogen and oxygen atoms in total. The average molecular weight is 320 g/mol. The smallest absolute Gasteiger partial charge is 0.378 e. The summed E-state index contributed by atoms with van der Waals surface area (Å²) < 4.78 is 3.96. The second-order valence-corrected chi connectivity index (χ2v) is 4.77. The topological polar surface area (TPSA) is 79.3 Å². The third-order valence-corrected chi connectivity index (χ3v) is 3.37. The molecule has 0 N–H and O–H groups in total. The van der Waals surface area contributed by atoms with Gasteiger partial charge < -0.3 is 9.55 Å². The van der Waals surface area contributed by atoms with Crippen molar-refractivity contribution in [3.8, 4) is 0 Å². The first-order chi connectivity index (χ1) is 10.5. The van der Waals surface area contributed by atoms with Crippen molar-refractivity contribution >= 4 is 43.6 Å². The Kier molecular flexibility index (Phi) is 5.16. The van der Waals surface area contributed by atoms with Crippen LogP contribution in [0.15, 0.2) is 35.4 Å². The molecule has 9 heteroatoms. The van der Waals surface area contributed by atoms with Crippen LogP contribution in [-0.2, 0) is 19.0 Å². The van der Waals surface area contributed by atoms with E-state index < -0.39 is 23.3 Å². The number of alkyl halides is 1. The molecule has 112 valence electrons. The highest BCUT2D eigenvalue weighted by atomic mass is 35.5. The number of amides is 2. The maximum Gasteiger partial charge on any atom is 0.378 e. The van der Waals surface area contributed by atoms with Crippen LogP contribution in [0, 0.1) is 0 Å². The monoisotopic (exact) mass is 319 g/mol. The Labute approximate surface area is 132 Å². The number of nitrogens with zero attached hydrogens (tertiary/aromatic N) is 3.